The van der Waals surface area contributed by atoms with Crippen LogP contribution in [0.1, 0.15) is 11.8 Å². The molecule has 2 unspecified atom stereocenters. The van der Waals surface area contributed by atoms with Crippen LogP contribution in [0.25, 0.3) is 0 Å². The van der Waals surface area contributed by atoms with Gasteiger partial charge in [0.2, 0.25) is 0 Å². The molecule has 15 heavy (non-hydrogen) atoms. The van der Waals surface area contributed by atoms with Gasteiger partial charge in [-0.1, -0.05) is 0 Å². The Balaban J connectivity index is 2.13. The first-order chi connectivity index (χ1) is 7.20. The lowest BCUT2D eigenvalue weighted by atomic mass is 10.1. The summed E-state index contributed by atoms with van der Waals surface area (Å²) in [6.07, 6.45) is 1.30. The van der Waals surface area contributed by atoms with E-state index in [0.29, 0.717) is 0 Å². The van der Waals surface area contributed by atoms with Crippen molar-refractivity contribution in [1.82, 2.24) is 14.7 Å². The highest BCUT2D eigenvalue weighted by Gasteiger charge is 2.29. The maximum Gasteiger partial charge on any atom is 0.112 e. The van der Waals surface area contributed by atoms with Gasteiger partial charge in [-0.15, -0.1) is 0 Å². The van der Waals surface area contributed by atoms with E-state index in [-0.39, 0.29) is 6.04 Å². The quantitative estimate of drug-likeness (QED) is 0.799. The van der Waals surface area contributed by atoms with Gasteiger partial charge in [-0.05, 0) is 13.1 Å². The summed E-state index contributed by atoms with van der Waals surface area (Å²) in [5, 5.41) is 14.4. The Morgan fingerprint density at radius 1 is 1.60 bits per heavy atom. The Morgan fingerprint density at radius 2 is 2.40 bits per heavy atom. The minimum atomic E-state index is -0.435. The van der Waals surface area contributed by atoms with E-state index in [4.69, 9.17) is 0 Å². The zero-order valence-corrected chi connectivity index (χ0v) is 9.94. The van der Waals surface area contributed by atoms with Crippen molar-refractivity contribution in [1.29, 1.82) is 0 Å². The van der Waals surface area contributed by atoms with Crippen LogP contribution in [0.15, 0.2) is 12.3 Å². The summed E-state index contributed by atoms with van der Waals surface area (Å²) < 4.78 is 1.75. The smallest absolute Gasteiger partial charge is 0.112 e. The molecule has 0 radical (unpaired) electrons. The molecular formula is C10H17N3OS. The van der Waals surface area contributed by atoms with E-state index in [9.17, 15) is 5.11 Å². The fraction of sp³-hybridized carbons (Fsp3) is 0.700. The molecule has 1 aliphatic rings. The average molecular weight is 227 g/mol. The molecule has 1 aromatic heterocycles. The topological polar surface area (TPSA) is 41.3 Å². The van der Waals surface area contributed by atoms with E-state index < -0.39 is 6.10 Å². The lowest BCUT2D eigenvalue weighted by Crippen LogP contribution is -2.43. The number of aliphatic hydroxyl groups excluding tert-OH is 1. The Hall–Kier alpha value is -0.520. The van der Waals surface area contributed by atoms with Gasteiger partial charge in [0.05, 0.1) is 11.7 Å². The normalized spacial score (nSPS) is 25.4. The van der Waals surface area contributed by atoms with E-state index in [0.717, 1.165) is 23.7 Å². The Morgan fingerprint density at radius 3 is 3.00 bits per heavy atom. The second kappa shape index (κ2) is 4.55. The minimum absolute atomic E-state index is 0.208. The van der Waals surface area contributed by atoms with Crippen LogP contribution < -0.4 is 0 Å². The molecule has 0 aliphatic carbocycles. The molecule has 0 bridgehead atoms. The van der Waals surface area contributed by atoms with Gasteiger partial charge >= 0.3 is 0 Å². The maximum absolute atomic E-state index is 10.3. The van der Waals surface area contributed by atoms with Gasteiger partial charge < -0.3 is 5.11 Å². The van der Waals surface area contributed by atoms with Gasteiger partial charge in [0.15, 0.2) is 0 Å². The van der Waals surface area contributed by atoms with Gasteiger partial charge in [0.25, 0.3) is 0 Å². The van der Waals surface area contributed by atoms with Crippen molar-refractivity contribution in [3.05, 3.63) is 18.0 Å². The van der Waals surface area contributed by atoms with E-state index in [2.05, 4.69) is 17.0 Å². The fourth-order valence-corrected chi connectivity index (χ4v) is 3.17. The molecule has 1 saturated heterocycles. The molecular weight excluding hydrogens is 210 g/mol. The highest BCUT2D eigenvalue weighted by atomic mass is 32.2. The van der Waals surface area contributed by atoms with Gasteiger partial charge in [0.1, 0.15) is 6.10 Å². The predicted molar refractivity (Wildman–Crippen MR) is 61.9 cm³/mol. The number of hydrogen-bond acceptors (Lipinski definition) is 4. The van der Waals surface area contributed by atoms with Crippen molar-refractivity contribution < 1.29 is 5.11 Å². The number of likely N-dealkylation sites (N-methyl/N-ethyl adjacent to an activating group) is 1. The van der Waals surface area contributed by atoms with Crippen LogP contribution >= 0.6 is 11.8 Å². The van der Waals surface area contributed by atoms with Crippen molar-refractivity contribution in [2.75, 3.05) is 25.1 Å². The third kappa shape index (κ3) is 2.19. The predicted octanol–water partition coefficient (Wildman–Crippen LogP) is 0.501. The second-order valence-corrected chi connectivity index (χ2v) is 5.10. The zero-order valence-electron chi connectivity index (χ0n) is 9.13. The Bertz CT molecular complexity index is 328. The lowest BCUT2D eigenvalue weighted by Gasteiger charge is -2.35. The summed E-state index contributed by atoms with van der Waals surface area (Å²) in [6, 6.07) is 2.09. The van der Waals surface area contributed by atoms with Crippen LogP contribution in [0.3, 0.4) is 0 Å². The molecule has 84 valence electrons. The molecule has 1 aliphatic heterocycles. The van der Waals surface area contributed by atoms with Crippen LogP contribution in [-0.2, 0) is 7.05 Å². The summed E-state index contributed by atoms with van der Waals surface area (Å²) >= 11 is 1.91. The molecule has 4 nitrogen and oxygen atoms in total. The standard InChI is InChI=1S/C10H17N3OS/c1-12-5-6-15-7-9(12)10(14)8-3-4-11-13(8)2/h3-4,9-10,14H,5-7H2,1-2H3. The average Bonchev–Trinajstić information content (AvgIpc) is 2.64. The molecule has 2 heterocycles. The fourth-order valence-electron chi connectivity index (χ4n) is 1.91. The molecule has 5 heteroatoms. The Labute approximate surface area is 94.3 Å². The van der Waals surface area contributed by atoms with E-state index >= 15 is 0 Å². The number of aryl methyl sites for hydroxylation is 1. The second-order valence-electron chi connectivity index (χ2n) is 3.95. The van der Waals surface area contributed by atoms with Crippen molar-refractivity contribution in [2.45, 2.75) is 12.1 Å². The third-order valence-electron chi connectivity index (χ3n) is 2.97. The summed E-state index contributed by atoms with van der Waals surface area (Å²) in [4.78, 5) is 2.23. The van der Waals surface area contributed by atoms with Crippen molar-refractivity contribution >= 4 is 11.8 Å². The van der Waals surface area contributed by atoms with Crippen LogP contribution in [0, 0.1) is 0 Å². The van der Waals surface area contributed by atoms with Crippen LogP contribution in [-0.4, -0.2) is 50.9 Å². The van der Waals surface area contributed by atoms with E-state index in [1.807, 2.05) is 24.9 Å². The summed E-state index contributed by atoms with van der Waals surface area (Å²) in [5.41, 5.74) is 0.898. The molecule has 2 rings (SSSR count). The molecule has 0 aromatic carbocycles. The molecule has 0 amide bonds. The molecule has 1 fully saturated rings. The number of rotatable bonds is 2. The highest BCUT2D eigenvalue weighted by molar-refractivity contribution is 7.99. The number of hydrogen-bond donors (Lipinski definition) is 1. The number of thioether (sulfide) groups is 1. The van der Waals surface area contributed by atoms with E-state index in [1.54, 1.807) is 10.9 Å². The Kier molecular flexibility index (Phi) is 3.33. The minimum Gasteiger partial charge on any atom is -0.385 e. The molecule has 0 saturated carbocycles. The van der Waals surface area contributed by atoms with Gasteiger partial charge in [-0.3, -0.25) is 9.58 Å². The van der Waals surface area contributed by atoms with E-state index in [1.165, 1.54) is 0 Å². The van der Waals surface area contributed by atoms with Gasteiger partial charge in [0, 0.05) is 31.3 Å². The van der Waals surface area contributed by atoms with Crippen LogP contribution in [0.4, 0.5) is 0 Å². The van der Waals surface area contributed by atoms with Crippen LogP contribution in [0.5, 0.6) is 0 Å². The lowest BCUT2D eigenvalue weighted by molar-refractivity contribution is 0.0697. The largest absolute Gasteiger partial charge is 0.385 e. The van der Waals surface area contributed by atoms with Gasteiger partial charge in [-0.25, -0.2) is 0 Å². The summed E-state index contributed by atoms with van der Waals surface area (Å²) in [6.45, 7) is 1.05. The highest BCUT2D eigenvalue weighted by Crippen LogP contribution is 2.25. The molecule has 0 spiro atoms. The summed E-state index contributed by atoms with van der Waals surface area (Å²) in [7, 11) is 3.94. The van der Waals surface area contributed by atoms with Crippen LogP contribution in [0.2, 0.25) is 0 Å². The maximum atomic E-state index is 10.3. The van der Waals surface area contributed by atoms with Crippen molar-refractivity contribution in [3.63, 3.8) is 0 Å². The number of aliphatic hydroxyl groups is 1. The van der Waals surface area contributed by atoms with Crippen molar-refractivity contribution in [2.24, 2.45) is 7.05 Å². The first kappa shape index (κ1) is 11.0. The number of aromatic nitrogens is 2. The number of nitrogens with zero attached hydrogens (tertiary/aromatic N) is 3. The first-order valence-electron chi connectivity index (χ1n) is 5.14. The van der Waals surface area contributed by atoms with Crippen molar-refractivity contribution in [3.8, 4) is 0 Å². The third-order valence-corrected chi connectivity index (χ3v) is 4.02. The summed E-state index contributed by atoms with van der Waals surface area (Å²) in [5.74, 6) is 2.15. The first-order valence-corrected chi connectivity index (χ1v) is 6.29. The zero-order chi connectivity index (χ0) is 10.8. The molecule has 1 N–H and O–H groups in total. The SMILES string of the molecule is CN1CCSCC1C(O)c1ccnn1C. The monoisotopic (exact) mass is 227 g/mol. The van der Waals surface area contributed by atoms with Gasteiger partial charge in [-0.2, -0.15) is 16.9 Å². The molecule has 1 aromatic rings. The molecule has 2 atom stereocenters.